The van der Waals surface area contributed by atoms with Crippen molar-refractivity contribution in [1.82, 2.24) is 5.32 Å². The maximum Gasteiger partial charge on any atom is 0.305 e. The summed E-state index contributed by atoms with van der Waals surface area (Å²) in [5, 5.41) is 22.9. The van der Waals surface area contributed by atoms with Crippen LogP contribution >= 0.6 is 0 Å². The number of carbonyl (C=O) groups is 2. The predicted octanol–water partition coefficient (Wildman–Crippen LogP) is 16.6. The molecule has 0 aliphatic heterocycles. The number of carbonyl (C=O) groups excluding carboxylic acids is 2. The fraction of sp³-hybridized carbons (Fsp3) is 0.825. The lowest BCUT2D eigenvalue weighted by Gasteiger charge is -2.20. The maximum atomic E-state index is 12.4. The number of rotatable bonds is 50. The molecule has 0 aromatic heterocycles. The van der Waals surface area contributed by atoms with Crippen molar-refractivity contribution < 1.29 is 24.5 Å². The van der Waals surface area contributed by atoms with Gasteiger partial charge in [0.15, 0.2) is 0 Å². The lowest BCUT2D eigenvalue weighted by Crippen LogP contribution is -2.45. The summed E-state index contributed by atoms with van der Waals surface area (Å²) in [5.74, 6) is -0.0804. The van der Waals surface area contributed by atoms with Crippen LogP contribution in [0, 0.1) is 0 Å². The third-order valence-electron chi connectivity index (χ3n) is 12.3. The van der Waals surface area contributed by atoms with E-state index in [1.807, 2.05) is 6.08 Å². The van der Waals surface area contributed by atoms with Gasteiger partial charge >= 0.3 is 5.97 Å². The Hall–Kier alpha value is -2.18. The van der Waals surface area contributed by atoms with Gasteiger partial charge in [0, 0.05) is 12.8 Å². The van der Waals surface area contributed by atoms with Crippen LogP contribution in [-0.2, 0) is 14.3 Å². The highest BCUT2D eigenvalue weighted by Crippen LogP contribution is 2.15. The van der Waals surface area contributed by atoms with E-state index in [4.69, 9.17) is 4.74 Å². The second kappa shape index (κ2) is 52.4. The highest BCUT2D eigenvalue weighted by atomic mass is 16.5. The van der Waals surface area contributed by atoms with Crippen LogP contribution in [0.15, 0.2) is 48.6 Å². The van der Waals surface area contributed by atoms with E-state index in [1.54, 1.807) is 6.08 Å². The Morgan fingerprint density at radius 1 is 0.444 bits per heavy atom. The molecule has 6 heteroatoms. The van der Waals surface area contributed by atoms with Gasteiger partial charge in [0.25, 0.3) is 0 Å². The molecule has 0 aromatic rings. The molecular formula is C57H105NO5. The number of esters is 1. The van der Waals surface area contributed by atoms with Gasteiger partial charge in [0.05, 0.1) is 25.4 Å². The summed E-state index contributed by atoms with van der Waals surface area (Å²) in [4.78, 5) is 24.4. The molecule has 0 saturated heterocycles. The maximum absolute atomic E-state index is 12.4. The lowest BCUT2D eigenvalue weighted by atomic mass is 10.0. The van der Waals surface area contributed by atoms with E-state index < -0.39 is 12.1 Å². The second-order valence-electron chi connectivity index (χ2n) is 18.5. The summed E-state index contributed by atoms with van der Waals surface area (Å²) in [5.41, 5.74) is 0. The Morgan fingerprint density at radius 3 is 1.25 bits per heavy atom. The van der Waals surface area contributed by atoms with Crippen molar-refractivity contribution in [2.75, 3.05) is 13.2 Å². The van der Waals surface area contributed by atoms with Gasteiger partial charge in [-0.3, -0.25) is 9.59 Å². The first-order valence-corrected chi connectivity index (χ1v) is 27.4. The molecule has 2 atom stereocenters. The first-order chi connectivity index (χ1) is 31.0. The molecule has 0 aliphatic carbocycles. The highest BCUT2D eigenvalue weighted by molar-refractivity contribution is 5.76. The quantitative estimate of drug-likeness (QED) is 0.0321. The average molecular weight is 884 g/mol. The zero-order valence-electron chi connectivity index (χ0n) is 41.8. The Morgan fingerprint density at radius 2 is 0.794 bits per heavy atom. The van der Waals surface area contributed by atoms with Crippen molar-refractivity contribution in [3.63, 3.8) is 0 Å². The second-order valence-corrected chi connectivity index (χ2v) is 18.5. The molecule has 0 spiro atoms. The Balaban J connectivity index is 3.44. The average Bonchev–Trinajstić information content (AvgIpc) is 3.28. The van der Waals surface area contributed by atoms with Crippen molar-refractivity contribution in [3.8, 4) is 0 Å². The number of unbranched alkanes of at least 4 members (excludes halogenated alkanes) is 33. The van der Waals surface area contributed by atoms with Crippen LogP contribution in [0.25, 0.3) is 0 Å². The Kier molecular flexibility index (Phi) is 50.6. The lowest BCUT2D eigenvalue weighted by molar-refractivity contribution is -0.143. The van der Waals surface area contributed by atoms with Crippen LogP contribution in [0.5, 0.6) is 0 Å². The molecule has 0 rings (SSSR count). The minimum Gasteiger partial charge on any atom is -0.466 e. The van der Waals surface area contributed by atoms with Gasteiger partial charge in [-0.05, 0) is 89.9 Å². The number of ether oxygens (including phenoxy) is 1. The molecule has 368 valence electrons. The van der Waals surface area contributed by atoms with E-state index >= 15 is 0 Å². The largest absolute Gasteiger partial charge is 0.466 e. The standard InChI is InChI=1S/C57H105NO5/c1-3-5-7-9-11-13-14-31-35-39-43-47-51-57(62)63-52-48-44-40-36-32-29-27-25-23-21-19-17-15-16-18-20-22-24-26-28-30-34-38-42-46-50-56(61)58-54(53-59)55(60)49-45-41-37-33-12-10-8-6-4-2/h11,13,16-19,45,49,54-55,59-60H,3-10,12,14-15,20-44,46-48,50-53H2,1-2H3,(H,58,61)/b13-11-,18-16-,19-17-,49-45+. The number of hydrogen-bond donors (Lipinski definition) is 3. The summed E-state index contributed by atoms with van der Waals surface area (Å²) in [6, 6.07) is -0.631. The van der Waals surface area contributed by atoms with Crippen LogP contribution in [-0.4, -0.2) is 47.4 Å². The zero-order valence-corrected chi connectivity index (χ0v) is 41.8. The monoisotopic (exact) mass is 884 g/mol. The van der Waals surface area contributed by atoms with E-state index in [9.17, 15) is 19.8 Å². The van der Waals surface area contributed by atoms with Crippen molar-refractivity contribution in [3.05, 3.63) is 48.6 Å². The van der Waals surface area contributed by atoms with Crippen LogP contribution in [0.1, 0.15) is 277 Å². The molecule has 0 fully saturated rings. The molecule has 63 heavy (non-hydrogen) atoms. The fourth-order valence-electron chi connectivity index (χ4n) is 8.07. The number of allylic oxidation sites excluding steroid dienone is 7. The molecule has 0 bridgehead atoms. The minimum absolute atomic E-state index is 0.00253. The molecule has 0 heterocycles. The number of aliphatic hydroxyl groups excluding tert-OH is 2. The zero-order chi connectivity index (χ0) is 45.8. The number of amides is 1. The van der Waals surface area contributed by atoms with Crippen LogP contribution in [0.2, 0.25) is 0 Å². The Bertz CT molecular complexity index is 1070. The van der Waals surface area contributed by atoms with Gasteiger partial charge in [0.2, 0.25) is 5.91 Å². The van der Waals surface area contributed by atoms with E-state index in [0.717, 1.165) is 51.4 Å². The van der Waals surface area contributed by atoms with Gasteiger partial charge < -0.3 is 20.3 Å². The topological polar surface area (TPSA) is 95.9 Å². The summed E-state index contributed by atoms with van der Waals surface area (Å²) in [6.45, 7) is 4.83. The SMILES string of the molecule is CCCCC/C=C\CCCCCCCC(=O)OCCCCCCCCCCC/C=C\C/C=C\CCCCCCCCCCCC(=O)NC(CO)C(O)/C=C/CCCCCCCCC. The van der Waals surface area contributed by atoms with Crippen molar-refractivity contribution in [2.45, 2.75) is 289 Å². The van der Waals surface area contributed by atoms with Gasteiger partial charge in [-0.15, -0.1) is 0 Å². The smallest absolute Gasteiger partial charge is 0.305 e. The first kappa shape index (κ1) is 60.8. The first-order valence-electron chi connectivity index (χ1n) is 27.4. The van der Waals surface area contributed by atoms with Gasteiger partial charge in [-0.1, -0.05) is 223 Å². The molecule has 2 unspecified atom stereocenters. The molecular weight excluding hydrogens is 779 g/mol. The summed E-state index contributed by atoms with van der Waals surface area (Å²) < 4.78 is 5.45. The normalized spacial score (nSPS) is 13.0. The minimum atomic E-state index is -0.846. The third kappa shape index (κ3) is 49.1. The van der Waals surface area contributed by atoms with Crippen molar-refractivity contribution >= 4 is 11.9 Å². The third-order valence-corrected chi connectivity index (χ3v) is 12.3. The molecule has 0 radical (unpaired) electrons. The van der Waals surface area contributed by atoms with E-state index in [1.165, 1.54) is 199 Å². The van der Waals surface area contributed by atoms with E-state index in [0.29, 0.717) is 19.4 Å². The van der Waals surface area contributed by atoms with Crippen LogP contribution in [0.4, 0.5) is 0 Å². The summed E-state index contributed by atoms with van der Waals surface area (Å²) in [7, 11) is 0. The van der Waals surface area contributed by atoms with E-state index in [-0.39, 0.29) is 18.5 Å². The van der Waals surface area contributed by atoms with Crippen LogP contribution < -0.4 is 5.32 Å². The number of aliphatic hydroxyl groups is 2. The van der Waals surface area contributed by atoms with E-state index in [2.05, 4.69) is 55.6 Å². The molecule has 0 aliphatic rings. The highest BCUT2D eigenvalue weighted by Gasteiger charge is 2.18. The molecule has 1 amide bonds. The van der Waals surface area contributed by atoms with Gasteiger partial charge in [-0.25, -0.2) is 0 Å². The Labute approximate surface area is 391 Å². The molecule has 0 aromatic carbocycles. The van der Waals surface area contributed by atoms with Crippen molar-refractivity contribution in [1.29, 1.82) is 0 Å². The molecule has 6 nitrogen and oxygen atoms in total. The van der Waals surface area contributed by atoms with Crippen LogP contribution in [0.3, 0.4) is 0 Å². The number of hydrogen-bond acceptors (Lipinski definition) is 5. The van der Waals surface area contributed by atoms with Crippen molar-refractivity contribution in [2.24, 2.45) is 0 Å². The molecule has 3 N–H and O–H groups in total. The molecule has 0 saturated carbocycles. The summed E-state index contributed by atoms with van der Waals surface area (Å²) in [6.07, 6.45) is 65.7. The van der Waals surface area contributed by atoms with Gasteiger partial charge in [-0.2, -0.15) is 0 Å². The summed E-state index contributed by atoms with van der Waals surface area (Å²) >= 11 is 0. The number of nitrogens with one attached hydrogen (secondary N) is 1. The van der Waals surface area contributed by atoms with Gasteiger partial charge in [0.1, 0.15) is 0 Å². The fourth-order valence-corrected chi connectivity index (χ4v) is 8.07. The predicted molar refractivity (Wildman–Crippen MR) is 273 cm³/mol.